The highest BCUT2D eigenvalue weighted by atomic mass is 16.1. The van der Waals surface area contributed by atoms with Crippen molar-refractivity contribution in [2.24, 2.45) is 5.92 Å². The van der Waals surface area contributed by atoms with Crippen molar-refractivity contribution in [1.29, 1.82) is 0 Å². The SMILES string of the molecule is CCCCC(C)NCC(=O)NCC(C)C. The Kier molecular flexibility index (Phi) is 8.38. The fraction of sp³-hybridized carbons (Fsp3) is 0.917. The summed E-state index contributed by atoms with van der Waals surface area (Å²) in [5.41, 5.74) is 0. The minimum Gasteiger partial charge on any atom is -0.355 e. The number of unbranched alkanes of at least 4 members (excludes halogenated alkanes) is 1. The van der Waals surface area contributed by atoms with Crippen LogP contribution in [0, 0.1) is 5.92 Å². The summed E-state index contributed by atoms with van der Waals surface area (Å²) in [6.07, 6.45) is 3.58. The maximum atomic E-state index is 11.4. The summed E-state index contributed by atoms with van der Waals surface area (Å²) in [6.45, 7) is 9.71. The average molecular weight is 214 g/mol. The van der Waals surface area contributed by atoms with Crippen LogP contribution in [0.4, 0.5) is 0 Å². The van der Waals surface area contributed by atoms with Gasteiger partial charge in [-0.3, -0.25) is 4.79 Å². The van der Waals surface area contributed by atoms with Gasteiger partial charge in [-0.1, -0.05) is 33.6 Å². The summed E-state index contributed by atoms with van der Waals surface area (Å²) < 4.78 is 0. The van der Waals surface area contributed by atoms with Crippen LogP contribution < -0.4 is 10.6 Å². The van der Waals surface area contributed by atoms with Gasteiger partial charge in [-0.15, -0.1) is 0 Å². The van der Waals surface area contributed by atoms with Crippen LogP contribution in [0.1, 0.15) is 47.0 Å². The summed E-state index contributed by atoms with van der Waals surface area (Å²) in [5, 5.41) is 6.12. The molecule has 1 unspecified atom stereocenters. The molecule has 0 aromatic rings. The van der Waals surface area contributed by atoms with Crippen molar-refractivity contribution in [3.63, 3.8) is 0 Å². The molecular weight excluding hydrogens is 188 g/mol. The topological polar surface area (TPSA) is 41.1 Å². The second-order valence-electron chi connectivity index (χ2n) is 4.62. The molecule has 1 atom stereocenters. The number of nitrogens with one attached hydrogen (secondary N) is 2. The molecule has 0 saturated carbocycles. The first-order chi connectivity index (χ1) is 7.06. The molecule has 0 saturated heterocycles. The van der Waals surface area contributed by atoms with Gasteiger partial charge >= 0.3 is 0 Å². The van der Waals surface area contributed by atoms with Gasteiger partial charge in [0.15, 0.2) is 0 Å². The summed E-state index contributed by atoms with van der Waals surface area (Å²) in [4.78, 5) is 11.4. The van der Waals surface area contributed by atoms with Crippen LogP contribution in [0.2, 0.25) is 0 Å². The number of amides is 1. The molecule has 0 rings (SSSR count). The number of carbonyl (C=O) groups excluding carboxylic acids is 1. The van der Waals surface area contributed by atoms with Crippen molar-refractivity contribution in [1.82, 2.24) is 10.6 Å². The van der Waals surface area contributed by atoms with Crippen LogP contribution >= 0.6 is 0 Å². The molecule has 15 heavy (non-hydrogen) atoms. The fourth-order valence-corrected chi connectivity index (χ4v) is 1.26. The number of hydrogen-bond donors (Lipinski definition) is 2. The van der Waals surface area contributed by atoms with E-state index in [-0.39, 0.29) is 5.91 Å². The Labute approximate surface area is 94.0 Å². The largest absolute Gasteiger partial charge is 0.355 e. The van der Waals surface area contributed by atoms with Gasteiger partial charge < -0.3 is 10.6 Å². The zero-order valence-electron chi connectivity index (χ0n) is 10.6. The van der Waals surface area contributed by atoms with E-state index in [1.165, 1.54) is 12.8 Å². The van der Waals surface area contributed by atoms with Gasteiger partial charge in [0.2, 0.25) is 5.91 Å². The third-order valence-corrected chi connectivity index (χ3v) is 2.31. The van der Waals surface area contributed by atoms with Crippen molar-refractivity contribution in [3.8, 4) is 0 Å². The van der Waals surface area contributed by atoms with Crippen LogP contribution in [0.25, 0.3) is 0 Å². The summed E-state index contributed by atoms with van der Waals surface area (Å²) in [6, 6.07) is 0.440. The Bertz CT molecular complexity index is 169. The lowest BCUT2D eigenvalue weighted by molar-refractivity contribution is -0.120. The zero-order valence-corrected chi connectivity index (χ0v) is 10.6. The van der Waals surface area contributed by atoms with Gasteiger partial charge in [-0.25, -0.2) is 0 Å². The maximum absolute atomic E-state index is 11.4. The first-order valence-corrected chi connectivity index (χ1v) is 6.06. The van der Waals surface area contributed by atoms with Crippen LogP contribution in [0.5, 0.6) is 0 Å². The normalized spacial score (nSPS) is 12.9. The maximum Gasteiger partial charge on any atom is 0.233 e. The van der Waals surface area contributed by atoms with E-state index in [0.29, 0.717) is 18.5 Å². The van der Waals surface area contributed by atoms with E-state index in [0.717, 1.165) is 13.0 Å². The van der Waals surface area contributed by atoms with Gasteiger partial charge in [0.25, 0.3) is 0 Å². The molecule has 0 aliphatic rings. The quantitative estimate of drug-likeness (QED) is 0.648. The Balaban J connectivity index is 3.44. The molecule has 2 N–H and O–H groups in total. The van der Waals surface area contributed by atoms with E-state index < -0.39 is 0 Å². The van der Waals surface area contributed by atoms with Crippen LogP contribution in [0.3, 0.4) is 0 Å². The minimum absolute atomic E-state index is 0.104. The van der Waals surface area contributed by atoms with Crippen LogP contribution in [-0.2, 0) is 4.79 Å². The molecule has 1 amide bonds. The molecule has 0 aromatic heterocycles. The molecule has 0 aromatic carbocycles. The van der Waals surface area contributed by atoms with Crippen molar-refractivity contribution in [3.05, 3.63) is 0 Å². The molecule has 0 fully saturated rings. The van der Waals surface area contributed by atoms with E-state index in [9.17, 15) is 4.79 Å². The fourth-order valence-electron chi connectivity index (χ4n) is 1.26. The summed E-state index contributed by atoms with van der Waals surface area (Å²) in [7, 11) is 0. The van der Waals surface area contributed by atoms with Crippen molar-refractivity contribution >= 4 is 5.91 Å². The van der Waals surface area contributed by atoms with E-state index in [1.54, 1.807) is 0 Å². The molecule has 0 bridgehead atoms. The molecule has 3 nitrogen and oxygen atoms in total. The predicted octanol–water partition coefficient (Wildman–Crippen LogP) is 1.93. The van der Waals surface area contributed by atoms with Crippen molar-refractivity contribution in [2.75, 3.05) is 13.1 Å². The number of rotatable bonds is 8. The first-order valence-electron chi connectivity index (χ1n) is 6.06. The van der Waals surface area contributed by atoms with Crippen molar-refractivity contribution < 1.29 is 4.79 Å². The molecule has 3 heteroatoms. The first kappa shape index (κ1) is 14.4. The summed E-state index contributed by atoms with van der Waals surface area (Å²) in [5.74, 6) is 0.624. The van der Waals surface area contributed by atoms with E-state index in [1.807, 2.05) is 0 Å². The van der Waals surface area contributed by atoms with Crippen LogP contribution in [0.15, 0.2) is 0 Å². The third kappa shape index (κ3) is 9.73. The van der Waals surface area contributed by atoms with Crippen LogP contribution in [-0.4, -0.2) is 25.0 Å². The Morgan fingerprint density at radius 2 is 1.93 bits per heavy atom. The van der Waals surface area contributed by atoms with Gasteiger partial charge in [-0.05, 0) is 19.3 Å². The number of hydrogen-bond acceptors (Lipinski definition) is 2. The minimum atomic E-state index is 0.104. The lowest BCUT2D eigenvalue weighted by atomic mass is 10.1. The monoisotopic (exact) mass is 214 g/mol. The standard InChI is InChI=1S/C12H26N2O/c1-5-6-7-11(4)13-9-12(15)14-8-10(2)3/h10-11,13H,5-9H2,1-4H3,(H,14,15). The molecule has 0 heterocycles. The van der Waals surface area contributed by atoms with Crippen molar-refractivity contribution in [2.45, 2.75) is 53.0 Å². The second-order valence-corrected chi connectivity index (χ2v) is 4.62. The molecule has 0 aliphatic carbocycles. The van der Waals surface area contributed by atoms with Gasteiger partial charge in [-0.2, -0.15) is 0 Å². The predicted molar refractivity (Wildman–Crippen MR) is 64.8 cm³/mol. The Morgan fingerprint density at radius 1 is 1.27 bits per heavy atom. The second kappa shape index (κ2) is 8.72. The molecule has 0 aliphatic heterocycles. The van der Waals surface area contributed by atoms with Gasteiger partial charge in [0.1, 0.15) is 0 Å². The molecule has 0 spiro atoms. The Hall–Kier alpha value is -0.570. The smallest absolute Gasteiger partial charge is 0.233 e. The highest BCUT2D eigenvalue weighted by Crippen LogP contribution is 1.98. The number of carbonyl (C=O) groups is 1. The molecule has 0 radical (unpaired) electrons. The lowest BCUT2D eigenvalue weighted by Gasteiger charge is -2.13. The van der Waals surface area contributed by atoms with Gasteiger partial charge in [0, 0.05) is 12.6 Å². The zero-order chi connectivity index (χ0) is 11.7. The highest BCUT2D eigenvalue weighted by molar-refractivity contribution is 5.77. The van der Waals surface area contributed by atoms with E-state index in [4.69, 9.17) is 0 Å². The summed E-state index contributed by atoms with van der Waals surface area (Å²) >= 11 is 0. The van der Waals surface area contributed by atoms with Gasteiger partial charge in [0.05, 0.1) is 6.54 Å². The molecule has 90 valence electrons. The molecular formula is C12H26N2O. The van der Waals surface area contributed by atoms with E-state index >= 15 is 0 Å². The highest BCUT2D eigenvalue weighted by Gasteiger charge is 2.05. The lowest BCUT2D eigenvalue weighted by Crippen LogP contribution is -2.39. The third-order valence-electron chi connectivity index (χ3n) is 2.31. The Morgan fingerprint density at radius 3 is 2.47 bits per heavy atom. The van der Waals surface area contributed by atoms with E-state index in [2.05, 4.69) is 38.3 Å². The average Bonchev–Trinajstić information content (AvgIpc) is 2.20.